The first-order chi connectivity index (χ1) is 10.9. The number of anilines is 1. The molecule has 4 rings (SSSR count). The van der Waals surface area contributed by atoms with Gasteiger partial charge in [0.2, 0.25) is 5.82 Å². The predicted molar refractivity (Wildman–Crippen MR) is 84.5 cm³/mol. The Morgan fingerprint density at radius 3 is 2.73 bits per heavy atom. The SMILES string of the molecule is c1ccc(-c2nnc3ccc(NC4CCCCC4)nn23)nc1. The highest BCUT2D eigenvalue weighted by Gasteiger charge is 2.15. The fourth-order valence-electron chi connectivity index (χ4n) is 2.98. The fraction of sp³-hybridized carbons (Fsp3) is 0.375. The Kier molecular flexibility index (Phi) is 3.42. The summed E-state index contributed by atoms with van der Waals surface area (Å²) in [6.07, 6.45) is 8.13. The fourth-order valence-corrected chi connectivity index (χ4v) is 2.98. The second-order valence-corrected chi connectivity index (χ2v) is 5.71. The molecule has 0 spiro atoms. The molecule has 0 bridgehead atoms. The van der Waals surface area contributed by atoms with E-state index in [2.05, 4.69) is 25.6 Å². The molecule has 1 aliphatic rings. The third-order valence-corrected chi connectivity index (χ3v) is 4.11. The Hall–Kier alpha value is -2.50. The normalized spacial score (nSPS) is 16.0. The molecule has 0 aliphatic heterocycles. The van der Waals surface area contributed by atoms with Crippen LogP contribution in [0.25, 0.3) is 17.2 Å². The quantitative estimate of drug-likeness (QED) is 0.804. The largest absolute Gasteiger partial charge is 0.366 e. The van der Waals surface area contributed by atoms with Crippen molar-refractivity contribution in [3.63, 3.8) is 0 Å². The summed E-state index contributed by atoms with van der Waals surface area (Å²) in [5.74, 6) is 1.54. The van der Waals surface area contributed by atoms with E-state index < -0.39 is 0 Å². The Morgan fingerprint density at radius 2 is 1.91 bits per heavy atom. The molecule has 112 valence electrons. The average molecular weight is 294 g/mol. The van der Waals surface area contributed by atoms with E-state index in [-0.39, 0.29) is 0 Å². The van der Waals surface area contributed by atoms with Crippen molar-refractivity contribution in [2.24, 2.45) is 0 Å². The second-order valence-electron chi connectivity index (χ2n) is 5.71. The number of nitrogens with zero attached hydrogens (tertiary/aromatic N) is 5. The van der Waals surface area contributed by atoms with E-state index >= 15 is 0 Å². The van der Waals surface area contributed by atoms with Crippen LogP contribution < -0.4 is 5.32 Å². The summed E-state index contributed by atoms with van der Waals surface area (Å²) in [4.78, 5) is 4.33. The standard InChI is InChI=1S/C16H18N6/c1-2-6-12(7-3-1)18-14-9-10-15-19-20-16(22(15)21-14)13-8-4-5-11-17-13/h4-5,8-12H,1-3,6-7H2,(H,18,21). The molecule has 6 nitrogen and oxygen atoms in total. The maximum Gasteiger partial charge on any atom is 0.203 e. The summed E-state index contributed by atoms with van der Waals surface area (Å²) in [6.45, 7) is 0. The molecule has 3 heterocycles. The average Bonchev–Trinajstić information content (AvgIpc) is 3.00. The molecule has 0 atom stereocenters. The lowest BCUT2D eigenvalue weighted by Gasteiger charge is -2.23. The minimum Gasteiger partial charge on any atom is -0.366 e. The molecule has 0 amide bonds. The maximum absolute atomic E-state index is 4.65. The van der Waals surface area contributed by atoms with E-state index in [4.69, 9.17) is 0 Å². The zero-order valence-corrected chi connectivity index (χ0v) is 12.3. The molecule has 0 radical (unpaired) electrons. The van der Waals surface area contributed by atoms with Gasteiger partial charge in [-0.05, 0) is 37.1 Å². The predicted octanol–water partition coefficient (Wildman–Crippen LogP) is 2.93. The summed E-state index contributed by atoms with van der Waals surface area (Å²) in [5.41, 5.74) is 1.51. The van der Waals surface area contributed by atoms with Gasteiger partial charge in [0, 0.05) is 12.2 Å². The van der Waals surface area contributed by atoms with Gasteiger partial charge >= 0.3 is 0 Å². The Morgan fingerprint density at radius 1 is 1.00 bits per heavy atom. The summed E-state index contributed by atoms with van der Waals surface area (Å²) >= 11 is 0. The van der Waals surface area contributed by atoms with Gasteiger partial charge in [0.1, 0.15) is 11.5 Å². The van der Waals surface area contributed by atoms with Crippen molar-refractivity contribution >= 4 is 11.5 Å². The molecular weight excluding hydrogens is 276 g/mol. The van der Waals surface area contributed by atoms with Gasteiger partial charge in [-0.25, -0.2) is 0 Å². The van der Waals surface area contributed by atoms with E-state index in [9.17, 15) is 0 Å². The first kappa shape index (κ1) is 13.2. The highest BCUT2D eigenvalue weighted by Crippen LogP contribution is 2.21. The van der Waals surface area contributed by atoms with Crippen molar-refractivity contribution in [3.05, 3.63) is 36.5 Å². The van der Waals surface area contributed by atoms with Crippen molar-refractivity contribution < 1.29 is 0 Å². The summed E-state index contributed by atoms with van der Waals surface area (Å²) in [6, 6.07) is 10.2. The second kappa shape index (κ2) is 5.71. The van der Waals surface area contributed by atoms with Crippen molar-refractivity contribution in [2.75, 3.05) is 5.32 Å². The Bertz CT molecular complexity index is 761. The Labute approximate surface area is 128 Å². The molecule has 0 saturated heterocycles. The van der Waals surface area contributed by atoms with Gasteiger partial charge in [0.05, 0.1) is 0 Å². The minimum absolute atomic E-state index is 0.522. The van der Waals surface area contributed by atoms with Crippen LogP contribution in [0, 0.1) is 0 Å². The number of pyridine rings is 1. The van der Waals surface area contributed by atoms with Crippen LogP contribution in [-0.2, 0) is 0 Å². The number of aromatic nitrogens is 5. The van der Waals surface area contributed by atoms with Crippen LogP contribution in [-0.4, -0.2) is 30.8 Å². The Balaban J connectivity index is 1.67. The number of fused-ring (bicyclic) bond motifs is 1. The molecule has 3 aromatic rings. The lowest BCUT2D eigenvalue weighted by atomic mass is 9.95. The molecule has 1 aliphatic carbocycles. The van der Waals surface area contributed by atoms with Gasteiger partial charge in [-0.15, -0.1) is 15.3 Å². The van der Waals surface area contributed by atoms with Gasteiger partial charge < -0.3 is 5.32 Å². The number of hydrogen-bond donors (Lipinski definition) is 1. The van der Waals surface area contributed by atoms with Crippen LogP contribution in [0.1, 0.15) is 32.1 Å². The van der Waals surface area contributed by atoms with Crippen molar-refractivity contribution in [1.82, 2.24) is 24.8 Å². The van der Waals surface area contributed by atoms with Gasteiger partial charge in [-0.2, -0.15) is 4.52 Å². The highest BCUT2D eigenvalue weighted by molar-refractivity contribution is 5.55. The zero-order valence-electron chi connectivity index (χ0n) is 12.3. The topological polar surface area (TPSA) is 68.0 Å². The maximum atomic E-state index is 4.65. The van der Waals surface area contributed by atoms with E-state index in [0.29, 0.717) is 11.9 Å². The van der Waals surface area contributed by atoms with Gasteiger partial charge in [-0.1, -0.05) is 25.3 Å². The summed E-state index contributed by atoms with van der Waals surface area (Å²) < 4.78 is 1.76. The molecule has 1 saturated carbocycles. The van der Waals surface area contributed by atoms with Crippen LogP contribution in [0.2, 0.25) is 0 Å². The first-order valence-electron chi connectivity index (χ1n) is 7.80. The van der Waals surface area contributed by atoms with Gasteiger partial charge in [0.15, 0.2) is 5.65 Å². The summed E-state index contributed by atoms with van der Waals surface area (Å²) in [5, 5.41) is 16.6. The van der Waals surface area contributed by atoms with Crippen LogP contribution in [0.3, 0.4) is 0 Å². The number of rotatable bonds is 3. The van der Waals surface area contributed by atoms with Crippen LogP contribution in [0.5, 0.6) is 0 Å². The molecule has 3 aromatic heterocycles. The third kappa shape index (κ3) is 2.52. The van der Waals surface area contributed by atoms with E-state index in [1.165, 1.54) is 32.1 Å². The van der Waals surface area contributed by atoms with Crippen molar-refractivity contribution in [3.8, 4) is 11.5 Å². The van der Waals surface area contributed by atoms with Crippen LogP contribution in [0.15, 0.2) is 36.5 Å². The van der Waals surface area contributed by atoms with Gasteiger partial charge in [0.25, 0.3) is 0 Å². The zero-order chi connectivity index (χ0) is 14.8. The summed E-state index contributed by atoms with van der Waals surface area (Å²) in [7, 11) is 0. The first-order valence-corrected chi connectivity index (χ1v) is 7.80. The molecule has 1 N–H and O–H groups in total. The molecule has 0 aromatic carbocycles. The minimum atomic E-state index is 0.522. The van der Waals surface area contributed by atoms with Gasteiger partial charge in [-0.3, -0.25) is 4.98 Å². The smallest absolute Gasteiger partial charge is 0.203 e. The number of hydrogen-bond acceptors (Lipinski definition) is 5. The third-order valence-electron chi connectivity index (χ3n) is 4.11. The van der Waals surface area contributed by atoms with E-state index in [1.807, 2.05) is 30.3 Å². The molecule has 22 heavy (non-hydrogen) atoms. The van der Waals surface area contributed by atoms with Crippen LogP contribution >= 0.6 is 0 Å². The lowest BCUT2D eigenvalue weighted by Crippen LogP contribution is -2.23. The van der Waals surface area contributed by atoms with E-state index in [0.717, 1.165) is 17.2 Å². The lowest BCUT2D eigenvalue weighted by molar-refractivity contribution is 0.461. The molecular formula is C16H18N6. The van der Waals surface area contributed by atoms with Crippen LogP contribution in [0.4, 0.5) is 5.82 Å². The molecule has 1 fully saturated rings. The monoisotopic (exact) mass is 294 g/mol. The van der Waals surface area contributed by atoms with E-state index in [1.54, 1.807) is 10.7 Å². The highest BCUT2D eigenvalue weighted by atomic mass is 15.4. The molecule has 6 heteroatoms. The van der Waals surface area contributed by atoms with Crippen molar-refractivity contribution in [1.29, 1.82) is 0 Å². The van der Waals surface area contributed by atoms with Crippen molar-refractivity contribution in [2.45, 2.75) is 38.1 Å². The molecule has 0 unspecified atom stereocenters. The number of nitrogens with one attached hydrogen (secondary N) is 1.